The molecule has 6 nitrogen and oxygen atoms in total. The lowest BCUT2D eigenvalue weighted by atomic mass is 9.79. The van der Waals surface area contributed by atoms with Crippen LogP contribution in [-0.2, 0) is 23.1 Å². The smallest absolute Gasteiger partial charge is 0.306 e. The Labute approximate surface area is 206 Å². The van der Waals surface area contributed by atoms with E-state index in [1.807, 2.05) is 24.4 Å². The Kier molecular flexibility index (Phi) is 5.33. The van der Waals surface area contributed by atoms with Crippen LogP contribution in [0.15, 0.2) is 55.0 Å². The fourth-order valence-corrected chi connectivity index (χ4v) is 7.96. The molecule has 1 aliphatic heterocycles. The van der Waals surface area contributed by atoms with E-state index in [4.69, 9.17) is 0 Å². The molecule has 190 valence electrons. The van der Waals surface area contributed by atoms with Crippen molar-refractivity contribution in [3.05, 3.63) is 71.9 Å². The molecule has 0 radical (unpaired) electrons. The predicted octanol–water partition coefficient (Wildman–Crippen LogP) is 4.25. The van der Waals surface area contributed by atoms with Gasteiger partial charge in [0.05, 0.1) is 17.6 Å². The van der Waals surface area contributed by atoms with Crippen molar-refractivity contribution in [3.63, 3.8) is 0 Å². The molecule has 3 aliphatic rings. The van der Waals surface area contributed by atoms with Crippen LogP contribution in [0.3, 0.4) is 0 Å². The fraction of sp³-hybridized carbons (Fsp3) is 0.400. The van der Waals surface area contributed by atoms with Gasteiger partial charge in [0.15, 0.2) is 0 Å². The highest BCUT2D eigenvalue weighted by Gasteiger charge is 2.60. The van der Waals surface area contributed by atoms with E-state index in [1.165, 1.54) is 12.1 Å². The number of nitrogens with zero attached hydrogens (tertiary/aromatic N) is 3. The van der Waals surface area contributed by atoms with Crippen LogP contribution in [0.5, 0.6) is 0 Å². The number of hydrogen-bond acceptors (Lipinski definition) is 3. The van der Waals surface area contributed by atoms with E-state index in [9.17, 15) is 26.0 Å². The van der Waals surface area contributed by atoms with Gasteiger partial charge in [-0.1, -0.05) is 18.2 Å². The molecule has 1 saturated carbocycles. The normalized spacial score (nSPS) is 27.3. The average molecular weight is 521 g/mol. The number of rotatable bonds is 3. The van der Waals surface area contributed by atoms with Crippen molar-refractivity contribution >= 4 is 10.2 Å². The van der Waals surface area contributed by atoms with E-state index in [-0.39, 0.29) is 24.2 Å². The van der Waals surface area contributed by atoms with Gasteiger partial charge >= 0.3 is 6.18 Å². The lowest BCUT2D eigenvalue weighted by Gasteiger charge is -2.33. The molecular formula is C25H24F4N4O2S. The first kappa shape index (κ1) is 23.6. The van der Waals surface area contributed by atoms with Gasteiger partial charge in [0.25, 0.3) is 10.2 Å². The second-order valence-corrected chi connectivity index (χ2v) is 11.7. The Morgan fingerprint density at radius 1 is 1.06 bits per heavy atom. The molecule has 2 heterocycles. The maximum atomic E-state index is 13.6. The van der Waals surface area contributed by atoms with Gasteiger partial charge in [0, 0.05) is 24.0 Å². The summed E-state index contributed by atoms with van der Waals surface area (Å²) in [6.07, 6.45) is 1.54. The monoisotopic (exact) mass is 520 g/mol. The largest absolute Gasteiger partial charge is 0.402 e. The zero-order valence-corrected chi connectivity index (χ0v) is 20.0. The van der Waals surface area contributed by atoms with Crippen molar-refractivity contribution in [3.8, 4) is 16.9 Å². The summed E-state index contributed by atoms with van der Waals surface area (Å²) in [4.78, 5) is 4.48. The van der Waals surface area contributed by atoms with E-state index in [2.05, 4.69) is 9.71 Å². The molecule has 36 heavy (non-hydrogen) atoms. The molecule has 2 aliphatic carbocycles. The molecule has 6 rings (SSSR count). The molecule has 2 bridgehead atoms. The Morgan fingerprint density at radius 2 is 1.81 bits per heavy atom. The Bertz CT molecular complexity index is 1440. The third-order valence-electron chi connectivity index (χ3n) is 7.90. The number of hydrogen-bond donors (Lipinski definition) is 1. The average Bonchev–Trinajstić information content (AvgIpc) is 3.43. The topological polar surface area (TPSA) is 67.2 Å². The molecule has 11 heteroatoms. The number of benzene rings is 2. The molecule has 1 N–H and O–H groups in total. The number of alkyl halides is 3. The molecule has 1 aromatic heterocycles. The summed E-state index contributed by atoms with van der Waals surface area (Å²) in [6.45, 7) is -1.64. The number of fused-ring (bicyclic) bond motifs is 1. The number of nitrogens with one attached hydrogen (secondary N) is 1. The maximum Gasteiger partial charge on any atom is 0.402 e. The summed E-state index contributed by atoms with van der Waals surface area (Å²) in [5.41, 5.74) is 3.49. The third-order valence-corrected chi connectivity index (χ3v) is 9.47. The van der Waals surface area contributed by atoms with Crippen LogP contribution in [0.25, 0.3) is 16.9 Å². The summed E-state index contributed by atoms with van der Waals surface area (Å²) in [6, 6.07) is 12.2. The van der Waals surface area contributed by atoms with Gasteiger partial charge in [-0.05, 0) is 72.9 Å². The van der Waals surface area contributed by atoms with Gasteiger partial charge in [0.1, 0.15) is 12.4 Å². The Balaban J connectivity index is 1.29. The summed E-state index contributed by atoms with van der Waals surface area (Å²) < 4.78 is 83.2. The van der Waals surface area contributed by atoms with Gasteiger partial charge in [0.2, 0.25) is 0 Å². The molecule has 1 saturated heterocycles. The zero-order chi connectivity index (χ0) is 25.3. The van der Waals surface area contributed by atoms with E-state index in [0.29, 0.717) is 28.5 Å². The van der Waals surface area contributed by atoms with E-state index < -0.39 is 28.5 Å². The predicted molar refractivity (Wildman–Crippen MR) is 125 cm³/mol. The Morgan fingerprint density at radius 3 is 2.53 bits per heavy atom. The molecule has 1 spiro atoms. The highest BCUT2D eigenvalue weighted by atomic mass is 32.2. The minimum Gasteiger partial charge on any atom is -0.306 e. The first-order chi connectivity index (χ1) is 17.0. The summed E-state index contributed by atoms with van der Waals surface area (Å²) in [5, 5.41) is 0. The Hall–Kier alpha value is -2.76. The minimum atomic E-state index is -4.60. The van der Waals surface area contributed by atoms with Crippen LogP contribution in [0.1, 0.15) is 24.0 Å². The first-order valence-electron chi connectivity index (χ1n) is 11.8. The van der Waals surface area contributed by atoms with Crippen molar-refractivity contribution in [1.29, 1.82) is 0 Å². The van der Waals surface area contributed by atoms with Crippen LogP contribution in [0, 0.1) is 17.7 Å². The standard InChI is InChI=1S/C25H24F4N4O2S/c26-21-2-1-3-22(11-21)32-12-23(30-15-32)17-5-4-16-9-19-6-7-20(10-18(16)8-17)24(19)13-33(14-25(27,28)29)36(34,35)31-24/h1-5,8,11-12,15,19-20,31H,6-7,9-10,13-14H2/t19-,20+,24-/m1/s1. The summed E-state index contributed by atoms with van der Waals surface area (Å²) in [5.74, 6) is -0.514. The molecular weight excluding hydrogens is 496 g/mol. The summed E-state index contributed by atoms with van der Waals surface area (Å²) >= 11 is 0. The van der Waals surface area contributed by atoms with Crippen LogP contribution in [0.4, 0.5) is 17.6 Å². The maximum absolute atomic E-state index is 13.6. The van der Waals surface area contributed by atoms with E-state index in [1.54, 1.807) is 23.0 Å². The quantitative estimate of drug-likeness (QED) is 0.525. The van der Waals surface area contributed by atoms with Gasteiger partial charge in [-0.3, -0.25) is 0 Å². The van der Waals surface area contributed by atoms with Crippen molar-refractivity contribution < 1.29 is 26.0 Å². The van der Waals surface area contributed by atoms with Crippen LogP contribution >= 0.6 is 0 Å². The van der Waals surface area contributed by atoms with Crippen LogP contribution in [0.2, 0.25) is 0 Å². The van der Waals surface area contributed by atoms with Crippen molar-refractivity contribution in [1.82, 2.24) is 18.6 Å². The van der Waals surface area contributed by atoms with Crippen LogP contribution in [-0.4, -0.2) is 47.1 Å². The van der Waals surface area contributed by atoms with Gasteiger partial charge in [-0.25, -0.2) is 9.37 Å². The molecule has 3 aromatic rings. The minimum absolute atomic E-state index is 0.0743. The van der Waals surface area contributed by atoms with Gasteiger partial charge in [-0.2, -0.15) is 30.6 Å². The lowest BCUT2D eigenvalue weighted by Crippen LogP contribution is -2.52. The zero-order valence-electron chi connectivity index (χ0n) is 19.2. The summed E-state index contributed by atoms with van der Waals surface area (Å²) in [7, 11) is -4.21. The highest BCUT2D eigenvalue weighted by Crippen LogP contribution is 2.50. The van der Waals surface area contributed by atoms with E-state index >= 15 is 0 Å². The second-order valence-electron chi connectivity index (χ2n) is 10.0. The number of halogens is 4. The highest BCUT2D eigenvalue weighted by molar-refractivity contribution is 7.87. The number of aromatic nitrogens is 2. The molecule has 2 fully saturated rings. The van der Waals surface area contributed by atoms with E-state index in [0.717, 1.165) is 29.5 Å². The lowest BCUT2D eigenvalue weighted by molar-refractivity contribution is -0.136. The molecule has 2 aromatic carbocycles. The molecule has 0 amide bonds. The number of imidazole rings is 1. The molecule has 0 unspecified atom stereocenters. The fourth-order valence-electron chi connectivity index (χ4n) is 6.25. The van der Waals surface area contributed by atoms with Gasteiger partial charge < -0.3 is 4.57 Å². The van der Waals surface area contributed by atoms with Crippen molar-refractivity contribution in [2.45, 2.75) is 37.4 Å². The second kappa shape index (κ2) is 8.12. The van der Waals surface area contributed by atoms with Crippen LogP contribution < -0.4 is 4.72 Å². The van der Waals surface area contributed by atoms with Crippen molar-refractivity contribution in [2.24, 2.45) is 11.8 Å². The molecule has 3 atom stereocenters. The first-order valence-corrected chi connectivity index (χ1v) is 13.2. The third kappa shape index (κ3) is 4.03. The van der Waals surface area contributed by atoms with Gasteiger partial charge in [-0.15, -0.1) is 0 Å². The van der Waals surface area contributed by atoms with Crippen molar-refractivity contribution in [2.75, 3.05) is 13.1 Å². The SMILES string of the molecule is O=S1(=O)N[C@]2(CN1CC(F)(F)F)[C@@H]1CC[C@H]2Cc2cc(-c3cn(-c4cccc(F)c4)cn3)ccc2C1.